The van der Waals surface area contributed by atoms with Gasteiger partial charge in [0.15, 0.2) is 5.78 Å². The van der Waals surface area contributed by atoms with Crippen molar-refractivity contribution in [1.82, 2.24) is 0 Å². The number of nitro groups is 1. The number of nitrogens with one attached hydrogen (secondary N) is 1. The number of anilines is 2. The molecule has 2 aromatic rings. The maximum Gasteiger partial charge on any atom is 0.308 e. The molecule has 0 spiro atoms. The molecule has 0 saturated carbocycles. The summed E-state index contributed by atoms with van der Waals surface area (Å²) in [4.78, 5) is 46.8. The Bertz CT molecular complexity index is 1130. The second-order valence-corrected chi connectivity index (χ2v) is 7.92. The topological polar surface area (TPSA) is 184 Å². The Hall–Kier alpha value is -3.91. The molecule has 0 radical (unpaired) electrons. The number of ether oxygens (including phenoxy) is 1. The predicted molar refractivity (Wildman–Crippen MR) is 124 cm³/mol. The summed E-state index contributed by atoms with van der Waals surface area (Å²) in [6, 6.07) is 4.02. The molecule has 182 valence electrons. The van der Waals surface area contributed by atoms with Crippen molar-refractivity contribution in [2.24, 2.45) is 10.2 Å². The van der Waals surface area contributed by atoms with Gasteiger partial charge < -0.3 is 25.2 Å². The van der Waals surface area contributed by atoms with Gasteiger partial charge in [0.05, 0.1) is 41.3 Å². The number of carboxylic acid groups (broad SMARTS) is 1. The van der Waals surface area contributed by atoms with Crippen LogP contribution in [0.25, 0.3) is 0 Å². The first-order valence-corrected chi connectivity index (χ1v) is 10.7. The summed E-state index contributed by atoms with van der Waals surface area (Å²) in [5.74, 6) is -1.58. The van der Waals surface area contributed by atoms with Crippen LogP contribution in [0.5, 0.6) is 5.75 Å². The van der Waals surface area contributed by atoms with E-state index in [9.17, 15) is 29.6 Å². The maximum atomic E-state index is 11.8. The van der Waals surface area contributed by atoms with Crippen LogP contribution in [-0.2, 0) is 9.59 Å². The number of carbonyl (C=O) groups is 3. The van der Waals surface area contributed by atoms with Gasteiger partial charge in [0.25, 0.3) is 0 Å². The van der Waals surface area contributed by atoms with Crippen molar-refractivity contribution in [1.29, 1.82) is 0 Å². The van der Waals surface area contributed by atoms with Crippen LogP contribution in [0.1, 0.15) is 29.9 Å². The minimum absolute atomic E-state index is 0.0574. The third kappa shape index (κ3) is 6.79. The van der Waals surface area contributed by atoms with Gasteiger partial charge in [0.2, 0.25) is 10.9 Å². The van der Waals surface area contributed by atoms with Crippen molar-refractivity contribution in [2.75, 3.05) is 37.0 Å². The van der Waals surface area contributed by atoms with Crippen LogP contribution < -0.4 is 15.0 Å². The molecule has 0 aliphatic heterocycles. The Morgan fingerprint density at radius 3 is 2.44 bits per heavy atom. The van der Waals surface area contributed by atoms with Crippen LogP contribution in [-0.4, -0.2) is 59.6 Å². The number of carbonyl (C=O) groups excluding carboxylic acids is 2. The van der Waals surface area contributed by atoms with Crippen molar-refractivity contribution in [2.45, 2.75) is 20.3 Å². The normalized spacial score (nSPS) is 10.8. The van der Waals surface area contributed by atoms with Gasteiger partial charge in [0, 0.05) is 32.1 Å². The Morgan fingerprint density at radius 2 is 1.91 bits per heavy atom. The number of methoxy groups -OCH3 is 1. The Balaban J connectivity index is 2.58. The van der Waals surface area contributed by atoms with Gasteiger partial charge >= 0.3 is 11.7 Å². The van der Waals surface area contributed by atoms with E-state index in [1.54, 1.807) is 4.90 Å². The van der Waals surface area contributed by atoms with E-state index in [-0.39, 0.29) is 64.6 Å². The lowest BCUT2D eigenvalue weighted by atomic mass is 10.2. The lowest BCUT2D eigenvalue weighted by Crippen LogP contribution is -2.29. The number of azo groups is 1. The average Bonchev–Trinajstić information content (AvgIpc) is 3.20. The monoisotopic (exact) mass is 493 g/mol. The molecule has 1 aromatic carbocycles. The second-order valence-electron chi connectivity index (χ2n) is 6.89. The molecule has 14 heteroatoms. The summed E-state index contributed by atoms with van der Waals surface area (Å²) in [5, 5.41) is 40.2. The van der Waals surface area contributed by atoms with Crippen molar-refractivity contribution in [3.63, 3.8) is 0 Å². The quantitative estimate of drug-likeness (QED) is 0.172. The zero-order chi connectivity index (χ0) is 25.4. The van der Waals surface area contributed by atoms with E-state index in [4.69, 9.17) is 9.84 Å². The number of aliphatic hydroxyl groups is 1. The number of thiophene rings is 1. The van der Waals surface area contributed by atoms with Crippen molar-refractivity contribution in [3.05, 3.63) is 33.2 Å². The van der Waals surface area contributed by atoms with E-state index < -0.39 is 16.8 Å². The smallest absolute Gasteiger partial charge is 0.308 e. The Labute approximate surface area is 197 Å². The number of Topliss-reactive ketones (excluding diaryl/α,β-unsaturated/α-hetero) is 1. The molecule has 13 nitrogen and oxygen atoms in total. The van der Waals surface area contributed by atoms with Crippen LogP contribution in [0.15, 0.2) is 28.4 Å². The fraction of sp³-hybridized carbons (Fsp3) is 0.350. The molecular weight excluding hydrogens is 470 g/mol. The second kappa shape index (κ2) is 11.8. The summed E-state index contributed by atoms with van der Waals surface area (Å²) in [6.45, 7) is 2.43. The van der Waals surface area contributed by atoms with E-state index in [1.165, 1.54) is 33.1 Å². The van der Waals surface area contributed by atoms with Crippen LogP contribution in [0.4, 0.5) is 27.8 Å². The van der Waals surface area contributed by atoms with Crippen molar-refractivity contribution < 1.29 is 34.3 Å². The number of hydrogen-bond acceptors (Lipinski definition) is 11. The minimum Gasteiger partial charge on any atom is -0.494 e. The highest BCUT2D eigenvalue weighted by atomic mass is 32.1. The molecule has 0 saturated heterocycles. The molecule has 0 unspecified atom stereocenters. The molecule has 34 heavy (non-hydrogen) atoms. The summed E-state index contributed by atoms with van der Waals surface area (Å²) in [5.41, 5.74) is 0.286. The number of aliphatic carboxylic acids is 1. The van der Waals surface area contributed by atoms with Crippen molar-refractivity contribution in [3.8, 4) is 5.75 Å². The number of rotatable bonds is 12. The first-order valence-electron chi connectivity index (χ1n) is 9.85. The minimum atomic E-state index is -1.03. The van der Waals surface area contributed by atoms with Gasteiger partial charge in [-0.05, 0) is 13.0 Å². The van der Waals surface area contributed by atoms with E-state index in [1.807, 2.05) is 0 Å². The van der Waals surface area contributed by atoms with E-state index in [2.05, 4.69) is 15.5 Å². The standard InChI is InChI=1S/C20H23N5O8S/c1-11(27)18-10-16(25(31)32)20(34-18)23-22-14-9-17(33-3)15(8-13(14)21-12(2)28)24(6-7-26)5-4-19(29)30/h8-10,26H,4-7H2,1-3H3,(H,21,28)(H,29,30). The number of ketones is 1. The molecule has 0 atom stereocenters. The van der Waals surface area contributed by atoms with Crippen LogP contribution in [0.2, 0.25) is 0 Å². The third-order valence-corrected chi connectivity index (χ3v) is 5.51. The predicted octanol–water partition coefficient (Wildman–Crippen LogP) is 3.51. The summed E-state index contributed by atoms with van der Waals surface area (Å²) < 4.78 is 5.39. The number of carboxylic acids is 1. The number of hydrogen-bond donors (Lipinski definition) is 3. The van der Waals surface area contributed by atoms with Gasteiger partial charge in [-0.2, -0.15) is 0 Å². The van der Waals surface area contributed by atoms with Gasteiger partial charge in [-0.15, -0.1) is 21.6 Å². The molecule has 2 rings (SSSR count). The lowest BCUT2D eigenvalue weighted by Gasteiger charge is -2.26. The molecule has 1 aromatic heterocycles. The van der Waals surface area contributed by atoms with Crippen LogP contribution in [0, 0.1) is 10.1 Å². The number of nitrogens with zero attached hydrogens (tertiary/aromatic N) is 4. The van der Waals surface area contributed by atoms with Gasteiger partial charge in [0.1, 0.15) is 11.4 Å². The third-order valence-electron chi connectivity index (χ3n) is 4.40. The summed E-state index contributed by atoms with van der Waals surface area (Å²) >= 11 is 0.807. The first kappa shape index (κ1) is 26.3. The molecule has 1 heterocycles. The number of benzene rings is 1. The van der Waals surface area contributed by atoms with E-state index in [0.29, 0.717) is 5.69 Å². The average molecular weight is 493 g/mol. The molecule has 3 N–H and O–H groups in total. The fourth-order valence-electron chi connectivity index (χ4n) is 2.89. The largest absolute Gasteiger partial charge is 0.494 e. The molecular formula is C20H23N5O8S. The molecule has 0 aliphatic carbocycles. The maximum absolute atomic E-state index is 11.8. The highest BCUT2D eigenvalue weighted by Gasteiger charge is 2.22. The molecule has 0 aliphatic rings. The van der Waals surface area contributed by atoms with E-state index >= 15 is 0 Å². The number of aliphatic hydroxyl groups excluding tert-OH is 1. The molecule has 0 fully saturated rings. The fourth-order valence-corrected chi connectivity index (χ4v) is 3.73. The summed E-state index contributed by atoms with van der Waals surface area (Å²) in [6.07, 6.45) is -0.208. The highest BCUT2D eigenvalue weighted by Crippen LogP contribution is 2.42. The van der Waals surface area contributed by atoms with Crippen LogP contribution >= 0.6 is 11.3 Å². The molecule has 1 amide bonds. The molecule has 0 bridgehead atoms. The zero-order valence-corrected chi connectivity index (χ0v) is 19.4. The van der Waals surface area contributed by atoms with Gasteiger partial charge in [-0.1, -0.05) is 0 Å². The Kier molecular flexibility index (Phi) is 9.15. The summed E-state index contributed by atoms with van der Waals surface area (Å²) in [7, 11) is 1.37. The first-order chi connectivity index (χ1) is 16.1. The van der Waals surface area contributed by atoms with Crippen LogP contribution in [0.3, 0.4) is 0 Å². The van der Waals surface area contributed by atoms with Gasteiger partial charge in [-0.25, -0.2) is 0 Å². The lowest BCUT2D eigenvalue weighted by molar-refractivity contribution is -0.383. The van der Waals surface area contributed by atoms with Crippen molar-refractivity contribution >= 4 is 56.7 Å². The van der Waals surface area contributed by atoms with E-state index in [0.717, 1.165) is 17.4 Å². The number of amides is 1. The van der Waals surface area contributed by atoms with Gasteiger partial charge in [-0.3, -0.25) is 24.5 Å². The zero-order valence-electron chi connectivity index (χ0n) is 18.6. The highest BCUT2D eigenvalue weighted by molar-refractivity contribution is 7.18. The Morgan fingerprint density at radius 1 is 1.21 bits per heavy atom. The SMILES string of the molecule is COc1cc(N=Nc2sc(C(C)=O)cc2[N+](=O)[O-])c(NC(C)=O)cc1N(CCO)CCC(=O)O.